The molecular weight excluding hydrogens is 655 g/mol. The van der Waals surface area contributed by atoms with Crippen LogP contribution in [0.3, 0.4) is 0 Å². The molecule has 6 heterocycles. The quantitative estimate of drug-likeness (QED) is 0.230. The first kappa shape index (κ1) is 31.8. The summed E-state index contributed by atoms with van der Waals surface area (Å²) in [5.74, 6) is -0.307. The van der Waals surface area contributed by atoms with Gasteiger partial charge in [0.1, 0.15) is 17.2 Å². The van der Waals surface area contributed by atoms with Crippen LogP contribution in [0.4, 0.5) is 11.6 Å². The van der Waals surface area contributed by atoms with E-state index in [-0.39, 0.29) is 29.5 Å². The van der Waals surface area contributed by atoms with E-state index in [0.717, 1.165) is 25.1 Å². The van der Waals surface area contributed by atoms with Gasteiger partial charge in [0.25, 0.3) is 0 Å². The number of fused-ring (bicyclic) bond motifs is 1. The zero-order valence-electron chi connectivity index (χ0n) is 26.2. The highest BCUT2D eigenvalue weighted by molar-refractivity contribution is 6.34. The third-order valence-corrected chi connectivity index (χ3v) is 9.69. The number of rotatable bonds is 9. The van der Waals surface area contributed by atoms with Gasteiger partial charge < -0.3 is 29.1 Å². The maximum Gasteiger partial charge on any atom is 0.341 e. The number of hydrogen-bond acceptors (Lipinski definition) is 10. The van der Waals surface area contributed by atoms with Crippen LogP contribution in [0.1, 0.15) is 28.3 Å². The molecule has 0 saturated carbocycles. The molecule has 48 heavy (non-hydrogen) atoms. The zero-order valence-corrected chi connectivity index (χ0v) is 27.7. The number of nitrogens with zero attached hydrogens (tertiary/aromatic N) is 8. The molecule has 2 fully saturated rings. The SMILES string of the molecule is CN(C)C1CN(c2ncc(-n3cc(C(=O)O)c(=O)c4cc(Cl)c(N5CC(c6cccnc6)C[C@@H]5COc5ncccc5Cl)cc43)cn2)C1. The second-order valence-electron chi connectivity index (χ2n) is 12.3. The van der Waals surface area contributed by atoms with Crippen LogP contribution in [0, 0.1) is 0 Å². The topological polar surface area (TPSA) is 130 Å². The molecule has 0 spiro atoms. The summed E-state index contributed by atoms with van der Waals surface area (Å²) < 4.78 is 7.75. The van der Waals surface area contributed by atoms with Gasteiger partial charge in [-0.05, 0) is 56.4 Å². The predicted molar refractivity (Wildman–Crippen MR) is 184 cm³/mol. The van der Waals surface area contributed by atoms with Crippen molar-refractivity contribution < 1.29 is 14.6 Å². The lowest BCUT2D eigenvalue weighted by Crippen LogP contribution is -2.58. The van der Waals surface area contributed by atoms with E-state index in [1.54, 1.807) is 47.6 Å². The number of carbonyl (C=O) groups is 1. The Balaban J connectivity index is 1.29. The number of ether oxygens (including phenoxy) is 1. The molecule has 0 radical (unpaired) electrons. The second-order valence-corrected chi connectivity index (χ2v) is 13.1. The van der Waals surface area contributed by atoms with Gasteiger partial charge in [-0.25, -0.2) is 19.7 Å². The van der Waals surface area contributed by atoms with Gasteiger partial charge in [0.05, 0.1) is 40.3 Å². The number of hydrogen-bond donors (Lipinski definition) is 1. The van der Waals surface area contributed by atoms with E-state index < -0.39 is 11.4 Å². The number of likely N-dealkylation sites (N-methyl/N-ethyl adjacent to an activating group) is 1. The number of benzene rings is 1. The van der Waals surface area contributed by atoms with Gasteiger partial charge in [-0.2, -0.15) is 0 Å². The van der Waals surface area contributed by atoms with Crippen LogP contribution in [0.2, 0.25) is 10.0 Å². The van der Waals surface area contributed by atoms with Crippen molar-refractivity contribution in [2.75, 3.05) is 50.1 Å². The molecule has 1 aromatic carbocycles. The third kappa shape index (κ3) is 6.02. The highest BCUT2D eigenvalue weighted by atomic mass is 35.5. The normalized spacial score (nSPS) is 18.0. The Labute approximate surface area is 286 Å². The van der Waals surface area contributed by atoms with Gasteiger partial charge in [0.2, 0.25) is 17.3 Å². The van der Waals surface area contributed by atoms with Gasteiger partial charge in [-0.3, -0.25) is 9.78 Å². The maximum atomic E-state index is 13.5. The number of halogens is 2. The third-order valence-electron chi connectivity index (χ3n) is 9.10. The summed E-state index contributed by atoms with van der Waals surface area (Å²) >= 11 is 13.3. The zero-order chi connectivity index (χ0) is 33.5. The predicted octanol–water partition coefficient (Wildman–Crippen LogP) is 4.77. The highest BCUT2D eigenvalue weighted by Gasteiger charge is 2.36. The first-order valence-electron chi connectivity index (χ1n) is 15.4. The molecule has 12 nitrogen and oxygen atoms in total. The van der Waals surface area contributed by atoms with Crippen molar-refractivity contribution in [1.29, 1.82) is 0 Å². The van der Waals surface area contributed by atoms with E-state index in [1.807, 2.05) is 38.5 Å². The maximum absolute atomic E-state index is 13.5. The van der Waals surface area contributed by atoms with E-state index in [0.29, 0.717) is 51.4 Å². The molecule has 1 unspecified atom stereocenters. The van der Waals surface area contributed by atoms with Crippen LogP contribution in [0.15, 0.2) is 78.4 Å². The van der Waals surface area contributed by atoms with E-state index >= 15 is 0 Å². The van der Waals surface area contributed by atoms with Gasteiger partial charge in [-0.1, -0.05) is 29.3 Å². The molecule has 7 rings (SSSR count). The Kier molecular flexibility index (Phi) is 8.63. The molecular formula is C34H32Cl2N8O4. The fraction of sp³-hybridized carbons (Fsp3) is 0.294. The van der Waals surface area contributed by atoms with Crippen LogP contribution >= 0.6 is 23.2 Å². The van der Waals surface area contributed by atoms with Crippen LogP contribution in [-0.4, -0.2) is 92.9 Å². The minimum absolute atomic E-state index is 0.115. The number of carboxylic acids is 1. The molecule has 246 valence electrons. The lowest BCUT2D eigenvalue weighted by Gasteiger charge is -2.42. The van der Waals surface area contributed by atoms with Crippen molar-refractivity contribution >= 4 is 51.7 Å². The van der Waals surface area contributed by atoms with Crippen molar-refractivity contribution in [1.82, 2.24) is 29.4 Å². The molecule has 2 saturated heterocycles. The van der Waals surface area contributed by atoms with Crippen molar-refractivity contribution in [3.8, 4) is 11.6 Å². The van der Waals surface area contributed by atoms with Gasteiger partial charge >= 0.3 is 5.97 Å². The monoisotopic (exact) mass is 686 g/mol. The average Bonchev–Trinajstić information content (AvgIpc) is 3.48. The molecule has 1 N–H and O–H groups in total. The molecule has 0 amide bonds. The minimum Gasteiger partial charge on any atom is -0.477 e. The van der Waals surface area contributed by atoms with Crippen LogP contribution in [0.5, 0.6) is 5.88 Å². The van der Waals surface area contributed by atoms with E-state index in [2.05, 4.69) is 34.6 Å². The fourth-order valence-corrected chi connectivity index (χ4v) is 6.80. The number of carboxylic acid groups (broad SMARTS) is 1. The molecule has 14 heteroatoms. The highest BCUT2D eigenvalue weighted by Crippen LogP contribution is 2.40. The largest absolute Gasteiger partial charge is 0.477 e. The first-order valence-corrected chi connectivity index (χ1v) is 16.2. The van der Waals surface area contributed by atoms with Crippen molar-refractivity contribution in [3.05, 3.63) is 105 Å². The van der Waals surface area contributed by atoms with Gasteiger partial charge in [0.15, 0.2) is 0 Å². The number of aromatic nitrogens is 5. The van der Waals surface area contributed by atoms with Crippen LogP contribution in [0.25, 0.3) is 16.6 Å². The van der Waals surface area contributed by atoms with Crippen LogP contribution < -0.4 is 20.0 Å². The Morgan fingerprint density at radius 1 is 1.02 bits per heavy atom. The second kappa shape index (κ2) is 13.0. The summed E-state index contributed by atoms with van der Waals surface area (Å²) in [6.07, 6.45) is 10.5. The lowest BCUT2D eigenvalue weighted by molar-refractivity contribution is 0.0695. The summed E-state index contributed by atoms with van der Waals surface area (Å²) in [7, 11) is 4.08. The Morgan fingerprint density at radius 3 is 2.48 bits per heavy atom. The molecule has 5 aromatic rings. The molecule has 2 atom stereocenters. The average molecular weight is 688 g/mol. The smallest absolute Gasteiger partial charge is 0.341 e. The molecule has 2 aliphatic rings. The van der Waals surface area contributed by atoms with E-state index in [4.69, 9.17) is 27.9 Å². The minimum atomic E-state index is -1.34. The summed E-state index contributed by atoms with van der Waals surface area (Å²) in [4.78, 5) is 49.8. The standard InChI is InChI=1S/C34H32Cl2N8O4/c1-41(2)24-16-42(17-24)34-39-13-23(14-40-34)44-18-26(33(46)47)31(45)25-10-28(36)30(11-29(25)44)43-15-21(20-5-3-7-37-12-20)9-22(43)19-48-32-27(35)6-4-8-38-32/h3-8,10-14,18,21-22,24H,9,15-17,19H2,1-2H3,(H,46,47)/t21?,22-/m1/s1. The number of anilines is 2. The van der Waals surface area contributed by atoms with Crippen molar-refractivity contribution in [3.63, 3.8) is 0 Å². The lowest BCUT2D eigenvalue weighted by atomic mass is 9.98. The van der Waals surface area contributed by atoms with Crippen molar-refractivity contribution in [2.45, 2.75) is 24.4 Å². The van der Waals surface area contributed by atoms with Crippen LogP contribution in [-0.2, 0) is 0 Å². The van der Waals surface area contributed by atoms with Crippen molar-refractivity contribution in [2.24, 2.45) is 0 Å². The van der Waals surface area contributed by atoms with E-state index in [9.17, 15) is 14.7 Å². The number of aromatic carboxylic acids is 1. The Bertz CT molecular complexity index is 2040. The summed E-state index contributed by atoms with van der Waals surface area (Å²) in [6, 6.07) is 11.1. The van der Waals surface area contributed by atoms with E-state index in [1.165, 1.54) is 6.20 Å². The van der Waals surface area contributed by atoms with Gasteiger partial charge in [0, 0.05) is 61.8 Å². The summed E-state index contributed by atoms with van der Waals surface area (Å²) in [6.45, 7) is 2.49. The first-order chi connectivity index (χ1) is 23.2. The summed E-state index contributed by atoms with van der Waals surface area (Å²) in [5.41, 5.74) is 1.70. The molecule has 0 bridgehead atoms. The molecule has 2 aliphatic heterocycles. The Morgan fingerprint density at radius 2 is 1.79 bits per heavy atom. The Hall–Kier alpha value is -4.78. The van der Waals surface area contributed by atoms with Gasteiger partial charge in [-0.15, -0.1) is 0 Å². The molecule has 0 aliphatic carbocycles. The molecule has 4 aromatic heterocycles. The fourth-order valence-electron chi connectivity index (χ4n) is 6.35. The number of pyridine rings is 3. The summed E-state index contributed by atoms with van der Waals surface area (Å²) in [5, 5.41) is 10.8.